The van der Waals surface area contributed by atoms with Gasteiger partial charge < -0.3 is 0 Å². The van der Waals surface area contributed by atoms with Crippen molar-refractivity contribution in [3.05, 3.63) is 11.8 Å². The van der Waals surface area contributed by atoms with Crippen molar-refractivity contribution in [3.63, 3.8) is 0 Å². The molecular formula is C13H22N+. The van der Waals surface area contributed by atoms with Gasteiger partial charge in [-0.15, -0.1) is 0 Å². The zero-order valence-corrected chi connectivity index (χ0v) is 9.50. The maximum absolute atomic E-state index is 2.50. The third-order valence-electron chi connectivity index (χ3n) is 3.89. The van der Waals surface area contributed by atoms with Gasteiger partial charge in [0.25, 0.3) is 0 Å². The Labute approximate surface area is 87.5 Å². The molecule has 0 aromatic carbocycles. The Morgan fingerprint density at radius 2 is 2.00 bits per heavy atom. The van der Waals surface area contributed by atoms with Gasteiger partial charge in [0.1, 0.15) is 6.21 Å². The fourth-order valence-corrected chi connectivity index (χ4v) is 2.92. The molecule has 0 spiro atoms. The van der Waals surface area contributed by atoms with Crippen molar-refractivity contribution in [1.82, 2.24) is 0 Å². The summed E-state index contributed by atoms with van der Waals surface area (Å²) < 4.78 is 2.50. The standard InChI is InChI=1S/C13H22N/c1-11-7-6-10-14(11)12(2)13-8-4-3-5-9-13/h7,10,12-13H,3-6,8-9H2,1-2H3/q+1/t12-/m0/s1. The molecule has 1 atom stereocenters. The second kappa shape index (κ2) is 4.29. The summed E-state index contributed by atoms with van der Waals surface area (Å²) in [4.78, 5) is 0. The second-order valence-corrected chi connectivity index (χ2v) is 4.81. The lowest BCUT2D eigenvalue weighted by molar-refractivity contribution is -0.518. The molecule has 1 aliphatic heterocycles. The van der Waals surface area contributed by atoms with Crippen LogP contribution in [0.15, 0.2) is 11.8 Å². The minimum absolute atomic E-state index is 0.731. The highest BCUT2D eigenvalue weighted by Gasteiger charge is 2.30. The van der Waals surface area contributed by atoms with E-state index in [9.17, 15) is 0 Å². The maximum Gasteiger partial charge on any atom is 0.174 e. The Kier molecular flexibility index (Phi) is 3.05. The highest BCUT2D eigenvalue weighted by Crippen LogP contribution is 2.29. The van der Waals surface area contributed by atoms with Gasteiger partial charge in [-0.3, -0.25) is 0 Å². The van der Waals surface area contributed by atoms with Crippen molar-refractivity contribution in [1.29, 1.82) is 0 Å². The van der Waals surface area contributed by atoms with Gasteiger partial charge >= 0.3 is 0 Å². The lowest BCUT2D eigenvalue weighted by atomic mass is 9.84. The molecule has 1 fully saturated rings. The predicted molar refractivity (Wildman–Crippen MR) is 60.7 cm³/mol. The van der Waals surface area contributed by atoms with Gasteiger partial charge in [0.15, 0.2) is 11.7 Å². The molecule has 1 nitrogen and oxygen atoms in total. The van der Waals surface area contributed by atoms with Gasteiger partial charge in [0, 0.05) is 19.3 Å². The Morgan fingerprint density at radius 3 is 2.57 bits per heavy atom. The van der Waals surface area contributed by atoms with E-state index < -0.39 is 0 Å². The van der Waals surface area contributed by atoms with E-state index in [-0.39, 0.29) is 0 Å². The average Bonchev–Trinajstić information content (AvgIpc) is 2.65. The monoisotopic (exact) mass is 192 g/mol. The fourth-order valence-electron chi connectivity index (χ4n) is 2.92. The van der Waals surface area contributed by atoms with Gasteiger partial charge in [-0.1, -0.05) is 19.3 Å². The molecule has 1 aliphatic carbocycles. The van der Waals surface area contributed by atoms with Crippen LogP contribution in [0.4, 0.5) is 0 Å². The van der Waals surface area contributed by atoms with E-state index in [1.165, 1.54) is 37.8 Å². The van der Waals surface area contributed by atoms with Crippen LogP contribution in [0, 0.1) is 5.92 Å². The van der Waals surface area contributed by atoms with Crippen LogP contribution in [-0.4, -0.2) is 16.8 Å². The Morgan fingerprint density at radius 1 is 1.29 bits per heavy atom. The summed E-state index contributed by atoms with van der Waals surface area (Å²) in [6.07, 6.45) is 13.1. The van der Waals surface area contributed by atoms with Crippen LogP contribution in [-0.2, 0) is 0 Å². The smallest absolute Gasteiger partial charge is 0.174 e. The maximum atomic E-state index is 2.50. The molecule has 0 saturated heterocycles. The van der Waals surface area contributed by atoms with Crippen molar-refractivity contribution >= 4 is 6.21 Å². The van der Waals surface area contributed by atoms with Gasteiger partial charge in [-0.05, 0) is 25.8 Å². The van der Waals surface area contributed by atoms with Crippen molar-refractivity contribution in [2.45, 2.75) is 58.4 Å². The molecule has 0 aromatic heterocycles. The molecule has 78 valence electrons. The minimum Gasteiger partial charge on any atom is -0.204 e. The molecule has 0 bridgehead atoms. The summed E-state index contributed by atoms with van der Waals surface area (Å²) in [6.45, 7) is 4.64. The van der Waals surface area contributed by atoms with Crippen LogP contribution in [0.3, 0.4) is 0 Å². The van der Waals surface area contributed by atoms with E-state index in [4.69, 9.17) is 0 Å². The number of nitrogens with zero attached hydrogens (tertiary/aromatic N) is 1. The predicted octanol–water partition coefficient (Wildman–Crippen LogP) is 3.35. The first-order valence-electron chi connectivity index (χ1n) is 6.07. The summed E-state index contributed by atoms with van der Waals surface area (Å²) in [5, 5.41) is 0. The average molecular weight is 192 g/mol. The molecule has 2 aliphatic rings. The summed E-state index contributed by atoms with van der Waals surface area (Å²) in [7, 11) is 0. The molecule has 1 saturated carbocycles. The van der Waals surface area contributed by atoms with Crippen molar-refractivity contribution in [2.75, 3.05) is 0 Å². The Balaban J connectivity index is 2.00. The lowest BCUT2D eigenvalue weighted by Gasteiger charge is -2.25. The highest BCUT2D eigenvalue weighted by atomic mass is 15.1. The Hall–Kier alpha value is -0.590. The summed E-state index contributed by atoms with van der Waals surface area (Å²) in [6, 6.07) is 0.731. The minimum atomic E-state index is 0.731. The lowest BCUT2D eigenvalue weighted by Crippen LogP contribution is -2.30. The topological polar surface area (TPSA) is 3.01 Å². The first kappa shape index (κ1) is 9.95. The zero-order valence-electron chi connectivity index (χ0n) is 9.50. The first-order chi connectivity index (χ1) is 6.79. The zero-order chi connectivity index (χ0) is 9.97. The summed E-state index contributed by atoms with van der Waals surface area (Å²) in [5.41, 5.74) is 1.46. The molecule has 0 aromatic rings. The number of hydrogen-bond donors (Lipinski definition) is 0. The van der Waals surface area contributed by atoms with Gasteiger partial charge in [-0.25, -0.2) is 4.58 Å². The first-order valence-corrected chi connectivity index (χ1v) is 6.07. The highest BCUT2D eigenvalue weighted by molar-refractivity contribution is 5.57. The Bertz CT molecular complexity index is 256. The van der Waals surface area contributed by atoms with Crippen LogP contribution in [0.1, 0.15) is 52.4 Å². The van der Waals surface area contributed by atoms with Crippen molar-refractivity contribution in [3.8, 4) is 0 Å². The molecule has 0 N–H and O–H groups in total. The second-order valence-electron chi connectivity index (χ2n) is 4.81. The third-order valence-corrected chi connectivity index (χ3v) is 3.89. The van der Waals surface area contributed by atoms with E-state index in [1.54, 1.807) is 0 Å². The van der Waals surface area contributed by atoms with Crippen LogP contribution in [0.25, 0.3) is 0 Å². The van der Waals surface area contributed by atoms with E-state index >= 15 is 0 Å². The fraction of sp³-hybridized carbons (Fsp3) is 0.769. The molecule has 1 heteroatoms. The van der Waals surface area contributed by atoms with Gasteiger partial charge in [-0.2, -0.15) is 0 Å². The largest absolute Gasteiger partial charge is 0.204 e. The van der Waals surface area contributed by atoms with E-state index in [0.717, 1.165) is 18.4 Å². The van der Waals surface area contributed by atoms with Crippen molar-refractivity contribution < 1.29 is 4.58 Å². The number of hydrogen-bond acceptors (Lipinski definition) is 0. The van der Waals surface area contributed by atoms with Gasteiger partial charge in [0.2, 0.25) is 0 Å². The van der Waals surface area contributed by atoms with E-state index in [1.807, 2.05) is 0 Å². The molecule has 14 heavy (non-hydrogen) atoms. The number of allylic oxidation sites excluding steroid dienone is 2. The molecule has 2 rings (SSSR count). The van der Waals surface area contributed by atoms with Crippen LogP contribution in [0.5, 0.6) is 0 Å². The van der Waals surface area contributed by atoms with Gasteiger partial charge in [0.05, 0.1) is 0 Å². The third kappa shape index (κ3) is 1.92. The normalized spacial score (nSPS) is 25.9. The van der Waals surface area contributed by atoms with Crippen LogP contribution in [0.2, 0.25) is 0 Å². The van der Waals surface area contributed by atoms with Crippen LogP contribution >= 0.6 is 0 Å². The van der Waals surface area contributed by atoms with Crippen LogP contribution < -0.4 is 0 Å². The number of rotatable bonds is 2. The van der Waals surface area contributed by atoms with E-state index in [2.05, 4.69) is 30.7 Å². The molecule has 0 radical (unpaired) electrons. The molecule has 1 heterocycles. The quantitative estimate of drug-likeness (QED) is 0.590. The molecule has 0 unspecified atom stereocenters. The summed E-state index contributed by atoms with van der Waals surface area (Å²) >= 11 is 0. The van der Waals surface area contributed by atoms with E-state index in [0.29, 0.717) is 0 Å². The van der Waals surface area contributed by atoms with Crippen molar-refractivity contribution in [2.24, 2.45) is 5.92 Å². The molecule has 0 amide bonds. The molecular weight excluding hydrogens is 170 g/mol. The summed E-state index contributed by atoms with van der Waals surface area (Å²) in [5.74, 6) is 0.932. The SMILES string of the molecule is CC1=CCC=[N+]1[C@@H](C)C1CCCCC1.